The number of rotatable bonds is 3. The van der Waals surface area contributed by atoms with Gasteiger partial charge in [-0.25, -0.2) is 0 Å². The van der Waals surface area contributed by atoms with E-state index in [1.807, 2.05) is 35.2 Å². The fourth-order valence-corrected chi connectivity index (χ4v) is 2.29. The first-order valence-corrected chi connectivity index (χ1v) is 6.41. The van der Waals surface area contributed by atoms with Gasteiger partial charge in [0.15, 0.2) is 0 Å². The van der Waals surface area contributed by atoms with Gasteiger partial charge in [0.1, 0.15) is 0 Å². The van der Waals surface area contributed by atoms with Crippen LogP contribution < -0.4 is 5.73 Å². The Morgan fingerprint density at radius 1 is 1.39 bits per heavy atom. The van der Waals surface area contributed by atoms with Gasteiger partial charge < -0.3 is 10.6 Å². The van der Waals surface area contributed by atoms with Gasteiger partial charge in [0.25, 0.3) is 0 Å². The van der Waals surface area contributed by atoms with Crippen molar-refractivity contribution in [3.63, 3.8) is 0 Å². The van der Waals surface area contributed by atoms with Crippen molar-refractivity contribution in [3.8, 4) is 0 Å². The highest BCUT2D eigenvalue weighted by molar-refractivity contribution is 5.82. The quantitative estimate of drug-likeness (QED) is 0.823. The lowest BCUT2D eigenvalue weighted by molar-refractivity contribution is -0.132. The van der Waals surface area contributed by atoms with Crippen LogP contribution in [0, 0.1) is 0 Å². The standard InChI is InChI=1S/C15H20N2O/c1-12-6-5-9-17(11-12)15(18)14(16)10-13-7-3-2-4-8-13/h2-4,6-8,14H,5,9-11,16H2,1H3. The number of benzene rings is 1. The molecule has 0 aliphatic carbocycles. The van der Waals surface area contributed by atoms with Crippen molar-refractivity contribution in [2.24, 2.45) is 5.73 Å². The molecule has 0 saturated heterocycles. The van der Waals surface area contributed by atoms with Gasteiger partial charge in [-0.05, 0) is 25.3 Å². The molecule has 2 rings (SSSR count). The van der Waals surface area contributed by atoms with E-state index in [4.69, 9.17) is 5.73 Å². The Morgan fingerprint density at radius 3 is 2.78 bits per heavy atom. The van der Waals surface area contributed by atoms with E-state index < -0.39 is 6.04 Å². The molecule has 3 nitrogen and oxygen atoms in total. The molecule has 3 heteroatoms. The molecule has 0 saturated carbocycles. The first-order chi connectivity index (χ1) is 8.66. The minimum Gasteiger partial charge on any atom is -0.337 e. The minimum absolute atomic E-state index is 0.0614. The fourth-order valence-electron chi connectivity index (χ4n) is 2.29. The van der Waals surface area contributed by atoms with Crippen molar-refractivity contribution in [3.05, 3.63) is 47.5 Å². The smallest absolute Gasteiger partial charge is 0.240 e. The van der Waals surface area contributed by atoms with Crippen LogP contribution in [0.15, 0.2) is 42.0 Å². The number of amides is 1. The summed E-state index contributed by atoms with van der Waals surface area (Å²) in [6.07, 6.45) is 3.74. The van der Waals surface area contributed by atoms with Crippen LogP contribution in [0.2, 0.25) is 0 Å². The van der Waals surface area contributed by atoms with Gasteiger partial charge in [0.05, 0.1) is 6.04 Å². The number of carbonyl (C=O) groups excluding carboxylic acids is 1. The molecule has 96 valence electrons. The van der Waals surface area contributed by atoms with Crippen LogP contribution in [0.1, 0.15) is 18.9 Å². The lowest BCUT2D eigenvalue weighted by Crippen LogP contribution is -2.46. The number of nitrogens with zero attached hydrogens (tertiary/aromatic N) is 1. The summed E-state index contributed by atoms with van der Waals surface area (Å²) in [5.74, 6) is 0.0614. The van der Waals surface area contributed by atoms with Gasteiger partial charge in [-0.3, -0.25) is 4.79 Å². The molecule has 0 bridgehead atoms. The maximum atomic E-state index is 12.2. The zero-order valence-corrected chi connectivity index (χ0v) is 10.8. The predicted octanol–water partition coefficient (Wildman–Crippen LogP) is 1.74. The maximum absolute atomic E-state index is 12.2. The zero-order valence-electron chi connectivity index (χ0n) is 10.8. The molecule has 0 radical (unpaired) electrons. The topological polar surface area (TPSA) is 46.3 Å². The predicted molar refractivity (Wildman–Crippen MR) is 73.1 cm³/mol. The summed E-state index contributed by atoms with van der Waals surface area (Å²) in [7, 11) is 0. The van der Waals surface area contributed by atoms with E-state index in [9.17, 15) is 4.79 Å². The Morgan fingerprint density at radius 2 is 2.11 bits per heavy atom. The second kappa shape index (κ2) is 5.83. The number of hydrogen-bond donors (Lipinski definition) is 1. The van der Waals surface area contributed by atoms with Gasteiger partial charge in [-0.2, -0.15) is 0 Å². The highest BCUT2D eigenvalue weighted by atomic mass is 16.2. The summed E-state index contributed by atoms with van der Waals surface area (Å²) >= 11 is 0. The van der Waals surface area contributed by atoms with Gasteiger partial charge in [-0.15, -0.1) is 0 Å². The summed E-state index contributed by atoms with van der Waals surface area (Å²) in [4.78, 5) is 14.1. The molecule has 1 aromatic carbocycles. The van der Waals surface area contributed by atoms with Crippen molar-refractivity contribution >= 4 is 5.91 Å². The van der Waals surface area contributed by atoms with Crippen molar-refractivity contribution in [1.29, 1.82) is 0 Å². The van der Waals surface area contributed by atoms with Crippen molar-refractivity contribution in [2.45, 2.75) is 25.8 Å². The molecule has 0 spiro atoms. The van der Waals surface area contributed by atoms with E-state index in [0.717, 1.165) is 25.1 Å². The minimum atomic E-state index is -0.432. The molecule has 18 heavy (non-hydrogen) atoms. The van der Waals surface area contributed by atoms with E-state index in [-0.39, 0.29) is 5.91 Å². The van der Waals surface area contributed by atoms with E-state index in [1.54, 1.807) is 0 Å². The molecular formula is C15H20N2O. The van der Waals surface area contributed by atoms with Crippen LogP contribution in [0.25, 0.3) is 0 Å². The molecule has 1 aliphatic heterocycles. The molecule has 1 aromatic rings. The summed E-state index contributed by atoms with van der Waals surface area (Å²) in [6.45, 7) is 3.57. The van der Waals surface area contributed by atoms with E-state index in [1.165, 1.54) is 5.57 Å². The number of nitrogens with two attached hydrogens (primary N) is 1. The molecule has 1 atom stereocenters. The van der Waals surface area contributed by atoms with Crippen molar-refractivity contribution < 1.29 is 4.79 Å². The summed E-state index contributed by atoms with van der Waals surface area (Å²) in [5.41, 5.74) is 8.38. The van der Waals surface area contributed by atoms with Gasteiger partial charge in [0, 0.05) is 13.1 Å². The monoisotopic (exact) mass is 244 g/mol. The second-order valence-electron chi connectivity index (χ2n) is 4.90. The first-order valence-electron chi connectivity index (χ1n) is 6.41. The average Bonchev–Trinajstić information content (AvgIpc) is 2.39. The Balaban J connectivity index is 1.95. The summed E-state index contributed by atoms with van der Waals surface area (Å²) in [6, 6.07) is 9.50. The molecule has 0 aromatic heterocycles. The molecule has 1 aliphatic rings. The Bertz CT molecular complexity index is 439. The molecule has 1 amide bonds. The maximum Gasteiger partial charge on any atom is 0.240 e. The van der Waals surface area contributed by atoms with Crippen LogP contribution in [0.5, 0.6) is 0 Å². The van der Waals surface area contributed by atoms with Gasteiger partial charge >= 0.3 is 0 Å². The molecule has 1 heterocycles. The average molecular weight is 244 g/mol. The number of carbonyl (C=O) groups is 1. The second-order valence-corrected chi connectivity index (χ2v) is 4.90. The normalized spacial score (nSPS) is 17.2. The highest BCUT2D eigenvalue weighted by Crippen LogP contribution is 2.11. The van der Waals surface area contributed by atoms with E-state index in [2.05, 4.69) is 13.0 Å². The SMILES string of the molecule is CC1=CCCN(C(=O)C(N)Cc2ccccc2)C1. The largest absolute Gasteiger partial charge is 0.337 e. The van der Waals surface area contributed by atoms with Crippen LogP contribution >= 0.6 is 0 Å². The molecule has 2 N–H and O–H groups in total. The molecule has 0 fully saturated rings. The lowest BCUT2D eigenvalue weighted by Gasteiger charge is -2.28. The fraction of sp³-hybridized carbons (Fsp3) is 0.400. The Labute approximate surface area is 108 Å². The third-order valence-electron chi connectivity index (χ3n) is 3.26. The van der Waals surface area contributed by atoms with E-state index >= 15 is 0 Å². The lowest BCUT2D eigenvalue weighted by atomic mass is 10.0. The van der Waals surface area contributed by atoms with Crippen LogP contribution in [0.4, 0.5) is 0 Å². The molecular weight excluding hydrogens is 224 g/mol. The van der Waals surface area contributed by atoms with E-state index in [0.29, 0.717) is 6.42 Å². The third kappa shape index (κ3) is 3.20. The number of hydrogen-bond acceptors (Lipinski definition) is 2. The summed E-state index contributed by atoms with van der Waals surface area (Å²) in [5, 5.41) is 0. The highest BCUT2D eigenvalue weighted by Gasteiger charge is 2.22. The van der Waals surface area contributed by atoms with Crippen LogP contribution in [-0.4, -0.2) is 29.9 Å². The van der Waals surface area contributed by atoms with Crippen LogP contribution in [0.3, 0.4) is 0 Å². The zero-order chi connectivity index (χ0) is 13.0. The first kappa shape index (κ1) is 12.8. The third-order valence-corrected chi connectivity index (χ3v) is 3.26. The Hall–Kier alpha value is -1.61. The Kier molecular flexibility index (Phi) is 4.15. The van der Waals surface area contributed by atoms with Crippen molar-refractivity contribution in [2.75, 3.05) is 13.1 Å². The van der Waals surface area contributed by atoms with Gasteiger partial charge in [0.2, 0.25) is 5.91 Å². The van der Waals surface area contributed by atoms with Crippen molar-refractivity contribution in [1.82, 2.24) is 4.90 Å². The van der Waals surface area contributed by atoms with Gasteiger partial charge in [-0.1, -0.05) is 42.0 Å². The summed E-state index contributed by atoms with van der Waals surface area (Å²) < 4.78 is 0. The van der Waals surface area contributed by atoms with Crippen LogP contribution in [-0.2, 0) is 11.2 Å². The molecule has 1 unspecified atom stereocenters.